The third-order valence-corrected chi connectivity index (χ3v) is 3.60. The molecule has 2 atom stereocenters. The van der Waals surface area contributed by atoms with E-state index >= 15 is 0 Å². The first-order valence-electron chi connectivity index (χ1n) is 6.65. The van der Waals surface area contributed by atoms with E-state index in [9.17, 15) is 10.1 Å². The minimum atomic E-state index is -0.317. The molecular weight excluding hydrogens is 266 g/mol. The number of hydrogen-bond acceptors (Lipinski definition) is 3. The van der Waals surface area contributed by atoms with Crippen LogP contribution in [0.4, 0.5) is 5.69 Å². The lowest BCUT2D eigenvalue weighted by Gasteiger charge is -2.22. The van der Waals surface area contributed by atoms with Crippen LogP contribution in [0.25, 0.3) is 0 Å². The van der Waals surface area contributed by atoms with E-state index in [2.05, 4.69) is 5.10 Å². The highest BCUT2D eigenvalue weighted by molar-refractivity contribution is 6.20. The van der Waals surface area contributed by atoms with Crippen molar-refractivity contribution >= 4 is 17.3 Å². The second kappa shape index (κ2) is 6.37. The van der Waals surface area contributed by atoms with Crippen LogP contribution in [0.3, 0.4) is 0 Å². The smallest absolute Gasteiger partial charge is 0.265 e. The van der Waals surface area contributed by atoms with Gasteiger partial charge in [-0.05, 0) is 19.3 Å². The van der Waals surface area contributed by atoms with Gasteiger partial charge in [-0.1, -0.05) is 27.2 Å². The van der Waals surface area contributed by atoms with Crippen molar-refractivity contribution in [2.45, 2.75) is 51.8 Å². The Labute approximate surface area is 119 Å². The number of aromatic nitrogens is 2. The van der Waals surface area contributed by atoms with Crippen molar-refractivity contribution in [1.29, 1.82) is 0 Å². The van der Waals surface area contributed by atoms with Crippen molar-refractivity contribution in [2.75, 3.05) is 0 Å². The van der Waals surface area contributed by atoms with Crippen LogP contribution in [0.15, 0.2) is 0 Å². The lowest BCUT2D eigenvalue weighted by Crippen LogP contribution is -2.20. The van der Waals surface area contributed by atoms with Crippen molar-refractivity contribution in [3.63, 3.8) is 0 Å². The fourth-order valence-corrected chi connectivity index (χ4v) is 3.04. The summed E-state index contributed by atoms with van der Waals surface area (Å²) in [5.74, 6) is 0.140. The summed E-state index contributed by atoms with van der Waals surface area (Å²) in [6, 6.07) is 0. The maximum Gasteiger partial charge on any atom is 0.313 e. The zero-order chi connectivity index (χ0) is 14.7. The average Bonchev–Trinajstić information content (AvgIpc) is 2.55. The largest absolute Gasteiger partial charge is 0.313 e. The topological polar surface area (TPSA) is 61.0 Å². The summed E-state index contributed by atoms with van der Waals surface area (Å²) in [5, 5.41) is 15.5. The van der Waals surface area contributed by atoms with E-state index in [0.717, 1.165) is 6.42 Å². The zero-order valence-electron chi connectivity index (χ0n) is 12.2. The highest BCUT2D eigenvalue weighted by Gasteiger charge is 2.35. The number of halogens is 1. The van der Waals surface area contributed by atoms with Crippen LogP contribution in [0.5, 0.6) is 0 Å². The van der Waals surface area contributed by atoms with Gasteiger partial charge >= 0.3 is 5.69 Å². The van der Waals surface area contributed by atoms with Gasteiger partial charge in [-0.2, -0.15) is 5.10 Å². The molecule has 5 nitrogen and oxygen atoms in total. The van der Waals surface area contributed by atoms with Crippen LogP contribution in [0.2, 0.25) is 0 Å². The number of nitrogens with zero attached hydrogens (tertiary/aromatic N) is 3. The van der Waals surface area contributed by atoms with E-state index in [0.29, 0.717) is 17.8 Å². The molecule has 0 bridgehead atoms. The van der Waals surface area contributed by atoms with Gasteiger partial charge in [0.15, 0.2) is 0 Å². The monoisotopic (exact) mass is 287 g/mol. The van der Waals surface area contributed by atoms with Gasteiger partial charge in [-0.25, -0.2) is 0 Å². The summed E-state index contributed by atoms with van der Waals surface area (Å²) < 4.78 is 1.63. The standard InChI is InChI=1S/C13H22ClN3O2/c1-6-7-10-12(17(18)19)13(16(5)15-10)11(8(2)3)9(4)14/h8-9,11H,6-7H2,1-5H3. The Kier molecular flexibility index (Phi) is 5.35. The van der Waals surface area contributed by atoms with Gasteiger partial charge in [-0.3, -0.25) is 14.8 Å². The summed E-state index contributed by atoms with van der Waals surface area (Å²) in [7, 11) is 1.76. The Hall–Kier alpha value is -1.10. The number of nitro groups is 1. The first-order valence-corrected chi connectivity index (χ1v) is 7.09. The molecule has 108 valence electrons. The fraction of sp³-hybridized carbons (Fsp3) is 0.769. The van der Waals surface area contributed by atoms with Crippen molar-refractivity contribution in [3.05, 3.63) is 21.5 Å². The normalized spacial score (nSPS) is 14.7. The second-order valence-corrected chi connectivity index (χ2v) is 5.95. The average molecular weight is 288 g/mol. The molecule has 0 amide bonds. The lowest BCUT2D eigenvalue weighted by molar-refractivity contribution is -0.386. The predicted molar refractivity (Wildman–Crippen MR) is 76.8 cm³/mol. The molecule has 0 fully saturated rings. The van der Waals surface area contributed by atoms with Crippen LogP contribution in [-0.4, -0.2) is 20.1 Å². The van der Waals surface area contributed by atoms with Crippen molar-refractivity contribution in [2.24, 2.45) is 13.0 Å². The van der Waals surface area contributed by atoms with Gasteiger partial charge in [0.1, 0.15) is 11.4 Å². The molecule has 0 saturated carbocycles. The van der Waals surface area contributed by atoms with E-state index < -0.39 is 0 Å². The quantitative estimate of drug-likeness (QED) is 0.456. The van der Waals surface area contributed by atoms with Crippen LogP contribution < -0.4 is 0 Å². The van der Waals surface area contributed by atoms with Gasteiger partial charge in [0.05, 0.1) is 4.92 Å². The number of aryl methyl sites for hydroxylation is 2. The van der Waals surface area contributed by atoms with Gasteiger partial charge in [-0.15, -0.1) is 11.6 Å². The van der Waals surface area contributed by atoms with E-state index in [-0.39, 0.29) is 27.8 Å². The van der Waals surface area contributed by atoms with Crippen molar-refractivity contribution < 1.29 is 4.92 Å². The molecule has 0 saturated heterocycles. The van der Waals surface area contributed by atoms with Gasteiger partial charge in [0, 0.05) is 18.3 Å². The summed E-state index contributed by atoms with van der Waals surface area (Å²) >= 11 is 6.24. The summed E-state index contributed by atoms with van der Waals surface area (Å²) in [5.41, 5.74) is 1.36. The van der Waals surface area contributed by atoms with Gasteiger partial charge < -0.3 is 0 Å². The van der Waals surface area contributed by atoms with Gasteiger partial charge in [0.25, 0.3) is 0 Å². The molecule has 0 spiro atoms. The Morgan fingerprint density at radius 1 is 1.42 bits per heavy atom. The molecular formula is C13H22ClN3O2. The Bertz CT molecular complexity index is 447. The molecule has 1 aromatic heterocycles. The van der Waals surface area contributed by atoms with Crippen LogP contribution >= 0.6 is 11.6 Å². The molecule has 19 heavy (non-hydrogen) atoms. The SMILES string of the molecule is CCCc1nn(C)c(C(C(C)C)C(C)Cl)c1[N+](=O)[O-]. The van der Waals surface area contributed by atoms with Gasteiger partial charge in [0.2, 0.25) is 0 Å². The molecule has 0 aromatic carbocycles. The molecule has 0 aliphatic rings. The second-order valence-electron chi connectivity index (χ2n) is 5.26. The molecule has 0 aliphatic heterocycles. The molecule has 2 unspecified atom stereocenters. The maximum atomic E-state index is 11.4. The maximum absolute atomic E-state index is 11.4. The Balaban J connectivity index is 3.43. The summed E-state index contributed by atoms with van der Waals surface area (Å²) in [4.78, 5) is 11.1. The lowest BCUT2D eigenvalue weighted by atomic mass is 9.88. The summed E-state index contributed by atoms with van der Waals surface area (Å²) in [6.45, 7) is 7.92. The Morgan fingerprint density at radius 2 is 2.00 bits per heavy atom. The van der Waals surface area contributed by atoms with E-state index in [4.69, 9.17) is 11.6 Å². The fourth-order valence-electron chi connectivity index (χ4n) is 2.62. The van der Waals surface area contributed by atoms with E-state index in [1.807, 2.05) is 27.7 Å². The van der Waals surface area contributed by atoms with Crippen LogP contribution in [0, 0.1) is 16.0 Å². The molecule has 0 radical (unpaired) electrons. The third-order valence-electron chi connectivity index (χ3n) is 3.33. The van der Waals surface area contributed by atoms with E-state index in [1.54, 1.807) is 11.7 Å². The zero-order valence-corrected chi connectivity index (χ0v) is 12.9. The Morgan fingerprint density at radius 3 is 2.37 bits per heavy atom. The summed E-state index contributed by atoms with van der Waals surface area (Å²) in [6.07, 6.45) is 1.45. The molecule has 1 rings (SSSR count). The number of rotatable bonds is 6. The van der Waals surface area contributed by atoms with Crippen LogP contribution in [0.1, 0.15) is 51.4 Å². The highest BCUT2D eigenvalue weighted by atomic mass is 35.5. The molecule has 6 heteroatoms. The number of alkyl halides is 1. The molecule has 0 aliphatic carbocycles. The van der Waals surface area contributed by atoms with Crippen molar-refractivity contribution in [1.82, 2.24) is 9.78 Å². The predicted octanol–water partition coefficient (Wildman–Crippen LogP) is 3.65. The molecule has 0 N–H and O–H groups in total. The molecule has 1 heterocycles. The van der Waals surface area contributed by atoms with Crippen molar-refractivity contribution in [3.8, 4) is 0 Å². The minimum absolute atomic E-state index is 0.0785. The first kappa shape index (κ1) is 16.0. The van der Waals surface area contributed by atoms with E-state index in [1.165, 1.54) is 0 Å². The third kappa shape index (κ3) is 3.26. The first-order chi connectivity index (χ1) is 8.81. The molecule has 1 aromatic rings. The minimum Gasteiger partial charge on any atom is -0.265 e. The highest BCUT2D eigenvalue weighted by Crippen LogP contribution is 2.38. The van der Waals surface area contributed by atoms with Crippen LogP contribution in [-0.2, 0) is 13.5 Å². The number of hydrogen-bond donors (Lipinski definition) is 0.